The molecule has 0 amide bonds. The maximum atomic E-state index is 14.3. The SMILES string of the molecule is CCCc1ccc(OCC2CCC(C3CCC(c4cc(F)c(F)c(F)c4)CC3)CC2)c(F)c1F. The molecule has 4 rings (SSSR count). The smallest absolute Gasteiger partial charge is 0.200 e. The molecule has 0 unspecified atom stereocenters. The van der Waals surface area contributed by atoms with Crippen LogP contribution in [0.1, 0.15) is 81.8 Å². The molecule has 1 nitrogen and oxygen atoms in total. The van der Waals surface area contributed by atoms with Crippen molar-refractivity contribution in [2.75, 3.05) is 6.61 Å². The lowest BCUT2D eigenvalue weighted by atomic mass is 9.68. The van der Waals surface area contributed by atoms with Crippen LogP contribution >= 0.6 is 0 Å². The predicted molar refractivity (Wildman–Crippen MR) is 122 cm³/mol. The Bertz CT molecular complexity index is 952. The lowest BCUT2D eigenvalue weighted by Crippen LogP contribution is -2.27. The van der Waals surface area contributed by atoms with E-state index in [9.17, 15) is 22.0 Å². The van der Waals surface area contributed by atoms with E-state index in [1.807, 2.05) is 6.92 Å². The molecule has 0 saturated heterocycles. The van der Waals surface area contributed by atoms with E-state index in [4.69, 9.17) is 4.74 Å². The lowest BCUT2D eigenvalue weighted by Gasteiger charge is -2.38. The first-order chi connectivity index (χ1) is 16.4. The minimum Gasteiger partial charge on any atom is -0.490 e. The Morgan fingerprint density at radius 3 is 1.91 bits per heavy atom. The van der Waals surface area contributed by atoms with Gasteiger partial charge < -0.3 is 4.74 Å². The second-order valence-corrected chi connectivity index (χ2v) is 10.1. The van der Waals surface area contributed by atoms with E-state index in [1.165, 1.54) is 6.07 Å². The summed E-state index contributed by atoms with van der Waals surface area (Å²) >= 11 is 0. The van der Waals surface area contributed by atoms with Gasteiger partial charge in [-0.2, -0.15) is 4.39 Å². The first-order valence-electron chi connectivity index (χ1n) is 12.6. The third-order valence-corrected chi connectivity index (χ3v) is 7.93. The van der Waals surface area contributed by atoms with E-state index in [0.29, 0.717) is 41.9 Å². The number of hydrogen-bond acceptors (Lipinski definition) is 1. The molecule has 6 heteroatoms. The number of aryl methyl sites for hydroxylation is 1. The normalized spacial score (nSPS) is 25.4. The fourth-order valence-electron chi connectivity index (χ4n) is 5.91. The number of benzene rings is 2. The van der Waals surface area contributed by atoms with Crippen LogP contribution in [0.5, 0.6) is 5.75 Å². The average Bonchev–Trinajstić information content (AvgIpc) is 2.85. The zero-order valence-electron chi connectivity index (χ0n) is 19.7. The molecule has 0 N–H and O–H groups in total. The van der Waals surface area contributed by atoms with Gasteiger partial charge in [0.1, 0.15) is 0 Å². The Morgan fingerprint density at radius 2 is 1.32 bits per heavy atom. The zero-order valence-corrected chi connectivity index (χ0v) is 19.7. The summed E-state index contributed by atoms with van der Waals surface area (Å²) in [6.45, 7) is 2.32. The summed E-state index contributed by atoms with van der Waals surface area (Å²) < 4.78 is 74.6. The summed E-state index contributed by atoms with van der Waals surface area (Å²) in [5.41, 5.74) is 0.944. The highest BCUT2D eigenvalue weighted by molar-refractivity contribution is 5.31. The minimum absolute atomic E-state index is 0.00790. The summed E-state index contributed by atoms with van der Waals surface area (Å²) in [6, 6.07) is 5.42. The second kappa shape index (κ2) is 11.1. The van der Waals surface area contributed by atoms with Crippen LogP contribution in [0.3, 0.4) is 0 Å². The van der Waals surface area contributed by atoms with E-state index < -0.39 is 29.1 Å². The highest BCUT2D eigenvalue weighted by Gasteiger charge is 2.32. The van der Waals surface area contributed by atoms with Gasteiger partial charge in [-0.05, 0) is 111 Å². The number of rotatable bonds is 7. The molecule has 0 radical (unpaired) electrons. The Morgan fingerprint density at radius 1 is 0.735 bits per heavy atom. The molecule has 0 spiro atoms. The van der Waals surface area contributed by atoms with Gasteiger partial charge in [0, 0.05) is 0 Å². The van der Waals surface area contributed by atoms with E-state index in [1.54, 1.807) is 6.07 Å². The third-order valence-electron chi connectivity index (χ3n) is 7.93. The number of halogens is 5. The Hall–Kier alpha value is -2.11. The molecule has 2 saturated carbocycles. The van der Waals surface area contributed by atoms with Gasteiger partial charge in [0.05, 0.1) is 6.61 Å². The van der Waals surface area contributed by atoms with Crippen LogP contribution in [0.15, 0.2) is 24.3 Å². The molecule has 2 aliphatic rings. The van der Waals surface area contributed by atoms with E-state index in [-0.39, 0.29) is 11.7 Å². The van der Waals surface area contributed by atoms with Gasteiger partial charge in [-0.1, -0.05) is 19.4 Å². The van der Waals surface area contributed by atoms with Crippen molar-refractivity contribution in [1.29, 1.82) is 0 Å². The molecule has 34 heavy (non-hydrogen) atoms. The van der Waals surface area contributed by atoms with Gasteiger partial charge in [-0.15, -0.1) is 0 Å². The van der Waals surface area contributed by atoms with E-state index in [0.717, 1.165) is 69.9 Å². The quantitative estimate of drug-likeness (QED) is 0.285. The monoisotopic (exact) mass is 480 g/mol. The molecule has 186 valence electrons. The molecular weight excluding hydrogens is 447 g/mol. The highest BCUT2D eigenvalue weighted by atomic mass is 19.2. The summed E-state index contributed by atoms with van der Waals surface area (Å²) in [7, 11) is 0. The van der Waals surface area contributed by atoms with Crippen molar-refractivity contribution in [1.82, 2.24) is 0 Å². The fourth-order valence-corrected chi connectivity index (χ4v) is 5.91. The second-order valence-electron chi connectivity index (χ2n) is 10.1. The molecule has 2 aliphatic carbocycles. The van der Waals surface area contributed by atoms with Crippen molar-refractivity contribution in [3.8, 4) is 5.75 Å². The van der Waals surface area contributed by atoms with Crippen molar-refractivity contribution < 1.29 is 26.7 Å². The van der Waals surface area contributed by atoms with Crippen molar-refractivity contribution >= 4 is 0 Å². The molecule has 0 aliphatic heterocycles. The van der Waals surface area contributed by atoms with Crippen LogP contribution in [-0.4, -0.2) is 6.61 Å². The minimum atomic E-state index is -1.40. The van der Waals surface area contributed by atoms with Gasteiger partial charge in [-0.25, -0.2) is 17.6 Å². The zero-order chi connectivity index (χ0) is 24.2. The van der Waals surface area contributed by atoms with Crippen molar-refractivity contribution in [3.05, 3.63) is 64.5 Å². The van der Waals surface area contributed by atoms with Crippen LogP contribution < -0.4 is 4.74 Å². The summed E-state index contributed by atoms with van der Waals surface area (Å²) in [5, 5.41) is 0. The van der Waals surface area contributed by atoms with E-state index >= 15 is 0 Å². The average molecular weight is 481 g/mol. The van der Waals surface area contributed by atoms with Gasteiger partial charge in [0.2, 0.25) is 5.82 Å². The number of ether oxygens (including phenoxy) is 1. The maximum absolute atomic E-state index is 14.3. The first-order valence-corrected chi connectivity index (χ1v) is 12.6. The Balaban J connectivity index is 1.23. The third kappa shape index (κ3) is 5.58. The molecule has 2 aromatic carbocycles. The fraction of sp³-hybridized carbons (Fsp3) is 0.571. The lowest BCUT2D eigenvalue weighted by molar-refractivity contribution is 0.129. The van der Waals surface area contributed by atoms with Crippen molar-refractivity contribution in [3.63, 3.8) is 0 Å². The topological polar surface area (TPSA) is 9.23 Å². The van der Waals surface area contributed by atoms with Gasteiger partial charge in [-0.3, -0.25) is 0 Å². The standard InChI is InChI=1S/C28H33F5O/c1-2-3-21-12-13-25(28(33)26(21)31)34-16-17-4-6-18(7-5-17)19-8-10-20(11-9-19)22-14-23(29)27(32)24(30)15-22/h12-15,17-20H,2-11,16H2,1H3. The molecule has 0 heterocycles. The highest BCUT2D eigenvalue weighted by Crippen LogP contribution is 2.44. The molecule has 0 aromatic heterocycles. The molecule has 0 bridgehead atoms. The predicted octanol–water partition coefficient (Wildman–Crippen LogP) is 8.49. The molecular formula is C28H33F5O. The van der Waals surface area contributed by atoms with Crippen LogP contribution in [0.4, 0.5) is 22.0 Å². The van der Waals surface area contributed by atoms with Crippen LogP contribution in [0, 0.1) is 46.8 Å². The van der Waals surface area contributed by atoms with Gasteiger partial charge >= 0.3 is 0 Å². The number of hydrogen-bond donors (Lipinski definition) is 0. The largest absolute Gasteiger partial charge is 0.490 e. The molecule has 2 aromatic rings. The van der Waals surface area contributed by atoms with Crippen LogP contribution in [0.2, 0.25) is 0 Å². The molecule has 2 fully saturated rings. The first kappa shape index (κ1) is 25.0. The van der Waals surface area contributed by atoms with E-state index in [2.05, 4.69) is 0 Å². The van der Waals surface area contributed by atoms with Crippen LogP contribution in [-0.2, 0) is 6.42 Å². The van der Waals surface area contributed by atoms with Crippen LogP contribution in [0.25, 0.3) is 0 Å². The Labute approximate surface area is 198 Å². The van der Waals surface area contributed by atoms with Crippen molar-refractivity contribution in [2.24, 2.45) is 17.8 Å². The van der Waals surface area contributed by atoms with Crippen molar-refractivity contribution in [2.45, 2.75) is 77.0 Å². The maximum Gasteiger partial charge on any atom is 0.200 e. The Kier molecular flexibility index (Phi) is 8.15. The van der Waals surface area contributed by atoms with Gasteiger partial charge in [0.25, 0.3) is 0 Å². The summed E-state index contributed by atoms with van der Waals surface area (Å²) in [5.74, 6) is -3.73. The van der Waals surface area contributed by atoms with Gasteiger partial charge in [0.15, 0.2) is 29.0 Å². The molecule has 0 atom stereocenters. The summed E-state index contributed by atoms with van der Waals surface area (Å²) in [4.78, 5) is 0. The summed E-state index contributed by atoms with van der Waals surface area (Å²) in [6.07, 6.45) is 9.14.